The fraction of sp³-hybridized carbons (Fsp3) is 0.500. The van der Waals surface area contributed by atoms with Crippen LogP contribution in [0.1, 0.15) is 30.1 Å². The van der Waals surface area contributed by atoms with Crippen LogP contribution < -0.4 is 5.73 Å². The highest BCUT2D eigenvalue weighted by molar-refractivity contribution is 9.10. The Bertz CT molecular complexity index is 479. The highest BCUT2D eigenvalue weighted by Gasteiger charge is 2.30. The number of phenols is 1. The Morgan fingerprint density at radius 2 is 2.26 bits per heavy atom. The minimum atomic E-state index is -0.115. The van der Waals surface area contributed by atoms with Gasteiger partial charge < -0.3 is 15.7 Å². The molecule has 1 fully saturated rings. The molecule has 3 N–H and O–H groups in total. The number of piperidine rings is 1. The lowest BCUT2D eigenvalue weighted by atomic mass is 9.93. The molecule has 1 amide bonds. The van der Waals surface area contributed by atoms with E-state index in [0.717, 1.165) is 17.3 Å². The summed E-state index contributed by atoms with van der Waals surface area (Å²) in [6.07, 6.45) is 2.03. The highest BCUT2D eigenvalue weighted by Crippen LogP contribution is 2.27. The van der Waals surface area contributed by atoms with Crippen molar-refractivity contribution < 1.29 is 9.90 Å². The molecule has 0 aromatic heterocycles. The van der Waals surface area contributed by atoms with Gasteiger partial charge in [0.05, 0.1) is 5.56 Å². The normalized spacial score (nSPS) is 23.4. The van der Waals surface area contributed by atoms with Crippen LogP contribution in [0.5, 0.6) is 5.75 Å². The van der Waals surface area contributed by atoms with Crippen molar-refractivity contribution in [2.75, 3.05) is 13.1 Å². The average Bonchev–Trinajstić information content (AvgIpc) is 2.38. The fourth-order valence-electron chi connectivity index (χ4n) is 2.50. The summed E-state index contributed by atoms with van der Waals surface area (Å²) >= 11 is 3.27. The Morgan fingerprint density at radius 1 is 1.53 bits per heavy atom. The van der Waals surface area contributed by atoms with E-state index in [9.17, 15) is 9.90 Å². The third kappa shape index (κ3) is 3.09. The van der Waals surface area contributed by atoms with Crippen LogP contribution in [-0.2, 0) is 0 Å². The zero-order chi connectivity index (χ0) is 14.0. The predicted octanol–water partition coefficient (Wildman–Crippen LogP) is 2.35. The van der Waals surface area contributed by atoms with Crippen molar-refractivity contribution in [1.29, 1.82) is 0 Å². The van der Waals surface area contributed by atoms with Gasteiger partial charge in [-0.15, -0.1) is 0 Å². The van der Waals surface area contributed by atoms with Crippen LogP contribution in [0.15, 0.2) is 22.7 Å². The number of rotatable bonds is 2. The monoisotopic (exact) mass is 326 g/mol. The first-order valence-electron chi connectivity index (χ1n) is 6.52. The van der Waals surface area contributed by atoms with Gasteiger partial charge >= 0.3 is 0 Å². The number of hydrogen-bond acceptors (Lipinski definition) is 3. The summed E-state index contributed by atoms with van der Waals surface area (Å²) in [7, 11) is 0. The zero-order valence-electron chi connectivity index (χ0n) is 11.0. The molecule has 2 unspecified atom stereocenters. The number of aromatic hydroxyl groups is 1. The molecule has 5 heteroatoms. The molecule has 1 aliphatic heterocycles. The minimum Gasteiger partial charge on any atom is -0.507 e. The third-order valence-corrected chi connectivity index (χ3v) is 4.26. The van der Waals surface area contributed by atoms with Gasteiger partial charge in [0, 0.05) is 17.1 Å². The third-order valence-electron chi connectivity index (χ3n) is 3.76. The number of carbonyl (C=O) groups excluding carboxylic acids is 1. The molecule has 1 aromatic carbocycles. The molecule has 1 saturated heterocycles. The smallest absolute Gasteiger partial charge is 0.257 e. The summed E-state index contributed by atoms with van der Waals surface area (Å²) in [5, 5.41) is 9.90. The molecule has 0 spiro atoms. The largest absolute Gasteiger partial charge is 0.507 e. The van der Waals surface area contributed by atoms with Gasteiger partial charge in [0.2, 0.25) is 0 Å². The van der Waals surface area contributed by atoms with E-state index in [1.807, 2.05) is 11.8 Å². The number of nitrogens with zero attached hydrogens (tertiary/aromatic N) is 1. The van der Waals surface area contributed by atoms with Crippen molar-refractivity contribution >= 4 is 21.8 Å². The van der Waals surface area contributed by atoms with Crippen LogP contribution in [0.3, 0.4) is 0 Å². The molecule has 19 heavy (non-hydrogen) atoms. The Kier molecular flexibility index (Phi) is 4.47. The lowest BCUT2D eigenvalue weighted by molar-refractivity contribution is 0.0564. The van der Waals surface area contributed by atoms with Gasteiger partial charge in [-0.3, -0.25) is 4.79 Å². The van der Waals surface area contributed by atoms with Crippen LogP contribution in [0.25, 0.3) is 0 Å². The Hall–Kier alpha value is -1.07. The maximum absolute atomic E-state index is 12.5. The lowest BCUT2D eigenvalue weighted by Gasteiger charge is -2.37. The van der Waals surface area contributed by atoms with Crippen molar-refractivity contribution in [3.05, 3.63) is 28.2 Å². The summed E-state index contributed by atoms with van der Waals surface area (Å²) in [4.78, 5) is 14.3. The Labute approximate surface area is 121 Å². The Balaban J connectivity index is 2.22. The second-order valence-corrected chi connectivity index (χ2v) is 6.06. The summed E-state index contributed by atoms with van der Waals surface area (Å²) in [6, 6.07) is 5.16. The molecule has 1 aliphatic rings. The van der Waals surface area contributed by atoms with Crippen LogP contribution >= 0.6 is 15.9 Å². The average molecular weight is 327 g/mol. The van der Waals surface area contributed by atoms with Crippen LogP contribution in [0.2, 0.25) is 0 Å². The van der Waals surface area contributed by atoms with Gasteiger partial charge in [0.15, 0.2) is 0 Å². The number of benzene rings is 1. The SMILES string of the molecule is CC1CCC(CN)CN1C(=O)c1ccc(Br)cc1O. The van der Waals surface area contributed by atoms with Gasteiger partial charge in [-0.25, -0.2) is 0 Å². The van der Waals surface area contributed by atoms with E-state index in [1.165, 1.54) is 0 Å². The van der Waals surface area contributed by atoms with E-state index < -0.39 is 0 Å². The van der Waals surface area contributed by atoms with Crippen molar-refractivity contribution in [3.63, 3.8) is 0 Å². The van der Waals surface area contributed by atoms with Crippen LogP contribution in [0.4, 0.5) is 0 Å². The number of hydrogen-bond donors (Lipinski definition) is 2. The molecular formula is C14H19BrN2O2. The number of amides is 1. The first-order valence-corrected chi connectivity index (χ1v) is 7.31. The first kappa shape index (κ1) is 14.3. The number of phenolic OH excluding ortho intramolecular Hbond substituents is 1. The molecule has 0 radical (unpaired) electrons. The molecular weight excluding hydrogens is 308 g/mol. The van der Waals surface area contributed by atoms with Crippen molar-refractivity contribution in [3.8, 4) is 5.75 Å². The predicted molar refractivity (Wildman–Crippen MR) is 78.1 cm³/mol. The molecule has 1 aromatic rings. The standard InChI is InChI=1S/C14H19BrN2O2/c1-9-2-3-10(7-16)8-17(9)14(19)12-5-4-11(15)6-13(12)18/h4-6,9-10,18H,2-3,7-8,16H2,1H3. The minimum absolute atomic E-state index is 0.0152. The molecule has 0 aliphatic carbocycles. The summed E-state index contributed by atoms with van der Waals surface area (Å²) < 4.78 is 0.757. The molecule has 0 bridgehead atoms. The van der Waals surface area contributed by atoms with Gasteiger partial charge in [-0.1, -0.05) is 15.9 Å². The Morgan fingerprint density at radius 3 is 2.89 bits per heavy atom. The first-order chi connectivity index (χ1) is 9.02. The topological polar surface area (TPSA) is 66.6 Å². The van der Waals surface area contributed by atoms with Crippen molar-refractivity contribution in [1.82, 2.24) is 4.90 Å². The second kappa shape index (κ2) is 5.92. The highest BCUT2D eigenvalue weighted by atomic mass is 79.9. The molecule has 0 saturated carbocycles. The van der Waals surface area contributed by atoms with Gasteiger partial charge in [0.25, 0.3) is 5.91 Å². The van der Waals surface area contributed by atoms with E-state index in [0.29, 0.717) is 24.6 Å². The van der Waals surface area contributed by atoms with Gasteiger partial charge in [-0.05, 0) is 50.4 Å². The van der Waals surface area contributed by atoms with E-state index in [2.05, 4.69) is 15.9 Å². The van der Waals surface area contributed by atoms with Crippen LogP contribution in [-0.4, -0.2) is 35.0 Å². The quantitative estimate of drug-likeness (QED) is 0.876. The van der Waals surface area contributed by atoms with E-state index in [4.69, 9.17) is 5.73 Å². The van der Waals surface area contributed by atoms with Crippen LogP contribution in [0, 0.1) is 5.92 Å². The van der Waals surface area contributed by atoms with Gasteiger partial charge in [-0.2, -0.15) is 0 Å². The van der Waals surface area contributed by atoms with Crippen molar-refractivity contribution in [2.45, 2.75) is 25.8 Å². The fourth-order valence-corrected chi connectivity index (χ4v) is 2.85. The number of carbonyl (C=O) groups is 1. The maximum atomic E-state index is 12.5. The molecule has 1 heterocycles. The number of halogens is 1. The lowest BCUT2D eigenvalue weighted by Crippen LogP contribution is -2.47. The molecule has 4 nitrogen and oxygen atoms in total. The van der Waals surface area contributed by atoms with E-state index >= 15 is 0 Å². The number of likely N-dealkylation sites (tertiary alicyclic amines) is 1. The number of nitrogens with two attached hydrogens (primary N) is 1. The molecule has 2 rings (SSSR count). The maximum Gasteiger partial charge on any atom is 0.257 e. The zero-order valence-corrected chi connectivity index (χ0v) is 12.6. The van der Waals surface area contributed by atoms with E-state index in [-0.39, 0.29) is 17.7 Å². The summed E-state index contributed by atoms with van der Waals surface area (Å²) in [6.45, 7) is 3.31. The second-order valence-electron chi connectivity index (χ2n) is 5.15. The molecule has 2 atom stereocenters. The van der Waals surface area contributed by atoms with Crippen molar-refractivity contribution in [2.24, 2.45) is 11.7 Å². The van der Waals surface area contributed by atoms with E-state index in [1.54, 1.807) is 18.2 Å². The summed E-state index contributed by atoms with van der Waals surface area (Å²) in [5.41, 5.74) is 6.06. The molecule has 104 valence electrons. The van der Waals surface area contributed by atoms with Gasteiger partial charge in [0.1, 0.15) is 5.75 Å². The summed E-state index contributed by atoms with van der Waals surface area (Å²) in [5.74, 6) is 0.259.